The average molecular weight is 362 g/mol. The predicted molar refractivity (Wildman–Crippen MR) is 92.5 cm³/mol. The zero-order chi connectivity index (χ0) is 18.6. The number of halogens is 2. The minimum absolute atomic E-state index is 0.00118. The van der Waals surface area contributed by atoms with Gasteiger partial charge in [-0.3, -0.25) is 4.79 Å². The van der Waals surface area contributed by atoms with E-state index >= 15 is 4.39 Å². The summed E-state index contributed by atoms with van der Waals surface area (Å²) in [4.78, 5) is 23.8. The lowest BCUT2D eigenvalue weighted by molar-refractivity contribution is 0.0695. The molecule has 3 N–H and O–H groups in total. The van der Waals surface area contributed by atoms with Gasteiger partial charge >= 0.3 is 5.97 Å². The molecule has 0 bridgehead atoms. The molecule has 2 aliphatic rings. The number of nitrogens with two attached hydrogens (primary N) is 1. The van der Waals surface area contributed by atoms with Crippen molar-refractivity contribution >= 4 is 16.9 Å². The Balaban J connectivity index is 1.97. The first-order chi connectivity index (χ1) is 12.4. The smallest absolute Gasteiger partial charge is 0.341 e. The zero-order valence-corrected chi connectivity index (χ0v) is 14.2. The highest BCUT2D eigenvalue weighted by Gasteiger charge is 2.32. The Morgan fingerprint density at radius 3 is 2.38 bits per heavy atom. The molecule has 2 saturated carbocycles. The van der Waals surface area contributed by atoms with Crippen molar-refractivity contribution in [2.24, 2.45) is 5.73 Å². The minimum Gasteiger partial charge on any atom is -0.477 e. The summed E-state index contributed by atoms with van der Waals surface area (Å²) in [5, 5.41) is 9.06. The van der Waals surface area contributed by atoms with Crippen molar-refractivity contribution in [3.63, 3.8) is 0 Å². The summed E-state index contributed by atoms with van der Waals surface area (Å²) in [7, 11) is 0. The standard InChI is InChI=1S/C19H20F2N2O3/c20-14-7-12-17(16(21)15(14)9-1-3-10(22)4-2-9)23(11-5-6-11)8-13(18(12)24)19(25)26/h7-11H,1-6,22H2,(H,25,26). The lowest BCUT2D eigenvalue weighted by Gasteiger charge is -2.27. The minimum atomic E-state index is -1.39. The Morgan fingerprint density at radius 1 is 1.15 bits per heavy atom. The third-order valence-electron chi connectivity index (χ3n) is 5.59. The highest BCUT2D eigenvalue weighted by atomic mass is 19.1. The summed E-state index contributed by atoms with van der Waals surface area (Å²) >= 11 is 0. The first kappa shape index (κ1) is 17.1. The van der Waals surface area contributed by atoms with E-state index in [1.807, 2.05) is 0 Å². The van der Waals surface area contributed by atoms with Crippen LogP contribution in [0.5, 0.6) is 0 Å². The van der Waals surface area contributed by atoms with E-state index in [0.717, 1.165) is 18.9 Å². The average Bonchev–Trinajstić information content (AvgIpc) is 3.42. The molecular weight excluding hydrogens is 342 g/mol. The van der Waals surface area contributed by atoms with E-state index in [2.05, 4.69) is 0 Å². The number of rotatable bonds is 3. The van der Waals surface area contributed by atoms with E-state index in [1.165, 1.54) is 10.8 Å². The molecule has 0 radical (unpaired) electrons. The molecule has 138 valence electrons. The van der Waals surface area contributed by atoms with Gasteiger partial charge in [0.2, 0.25) is 5.43 Å². The number of carboxylic acids is 1. The van der Waals surface area contributed by atoms with E-state index in [9.17, 15) is 19.1 Å². The number of hydrogen-bond acceptors (Lipinski definition) is 3. The summed E-state index contributed by atoms with van der Waals surface area (Å²) in [6.07, 6.45) is 5.36. The quantitative estimate of drug-likeness (QED) is 0.877. The van der Waals surface area contributed by atoms with Gasteiger partial charge in [0.15, 0.2) is 5.82 Å². The molecule has 2 aromatic rings. The third kappa shape index (κ3) is 2.70. The van der Waals surface area contributed by atoms with Crippen LogP contribution in [0, 0.1) is 11.6 Å². The molecule has 0 atom stereocenters. The van der Waals surface area contributed by atoms with Crippen molar-refractivity contribution in [1.29, 1.82) is 0 Å². The molecule has 26 heavy (non-hydrogen) atoms. The SMILES string of the molecule is NC1CCC(c2c(F)cc3c(=O)c(C(=O)O)cn(C4CC4)c3c2F)CC1. The van der Waals surface area contributed by atoms with Crippen LogP contribution in [-0.4, -0.2) is 21.7 Å². The van der Waals surface area contributed by atoms with Crippen molar-refractivity contribution in [1.82, 2.24) is 4.57 Å². The van der Waals surface area contributed by atoms with E-state index in [-0.39, 0.29) is 34.5 Å². The molecule has 1 aromatic heterocycles. The summed E-state index contributed by atoms with van der Waals surface area (Å²) in [6, 6.07) is 1.01. The van der Waals surface area contributed by atoms with Crippen LogP contribution in [0.15, 0.2) is 17.1 Å². The molecule has 7 heteroatoms. The van der Waals surface area contributed by atoms with E-state index < -0.39 is 28.6 Å². The monoisotopic (exact) mass is 362 g/mol. The largest absolute Gasteiger partial charge is 0.477 e. The highest BCUT2D eigenvalue weighted by molar-refractivity contribution is 5.93. The molecule has 0 aliphatic heterocycles. The number of fused-ring (bicyclic) bond motifs is 1. The van der Waals surface area contributed by atoms with Gasteiger partial charge in [-0.05, 0) is 50.5 Å². The lowest BCUT2D eigenvalue weighted by atomic mass is 9.81. The molecule has 5 nitrogen and oxygen atoms in total. The Morgan fingerprint density at radius 2 is 1.81 bits per heavy atom. The van der Waals surface area contributed by atoms with Crippen molar-refractivity contribution in [3.05, 3.63) is 45.2 Å². The molecule has 0 spiro atoms. The van der Waals surface area contributed by atoms with Crippen LogP contribution in [0.1, 0.15) is 66.4 Å². The molecule has 0 unspecified atom stereocenters. The fraction of sp³-hybridized carbons (Fsp3) is 0.474. The Kier molecular flexibility index (Phi) is 4.06. The molecular formula is C19H20F2N2O3. The van der Waals surface area contributed by atoms with Gasteiger partial charge in [0.1, 0.15) is 11.4 Å². The summed E-state index contributed by atoms with van der Waals surface area (Å²) in [5.41, 5.74) is 4.61. The van der Waals surface area contributed by atoms with Crippen molar-refractivity contribution in [2.75, 3.05) is 0 Å². The van der Waals surface area contributed by atoms with Gasteiger partial charge in [-0.2, -0.15) is 0 Å². The summed E-state index contributed by atoms with van der Waals surface area (Å²) in [5.74, 6) is -3.18. The Bertz CT molecular complexity index is 958. The Labute approximate surface area is 148 Å². The number of carbonyl (C=O) groups is 1. The van der Waals surface area contributed by atoms with Crippen LogP contribution >= 0.6 is 0 Å². The van der Waals surface area contributed by atoms with Gasteiger partial charge < -0.3 is 15.4 Å². The van der Waals surface area contributed by atoms with Gasteiger partial charge in [-0.25, -0.2) is 13.6 Å². The van der Waals surface area contributed by atoms with Crippen LogP contribution in [0.2, 0.25) is 0 Å². The topological polar surface area (TPSA) is 85.3 Å². The van der Waals surface area contributed by atoms with Crippen LogP contribution in [0.3, 0.4) is 0 Å². The third-order valence-corrected chi connectivity index (χ3v) is 5.59. The number of nitrogens with zero attached hydrogens (tertiary/aromatic N) is 1. The fourth-order valence-corrected chi connectivity index (χ4v) is 4.03. The van der Waals surface area contributed by atoms with Crippen molar-refractivity contribution in [3.8, 4) is 0 Å². The predicted octanol–water partition coefficient (Wildman–Crippen LogP) is 3.30. The van der Waals surface area contributed by atoms with E-state index in [4.69, 9.17) is 5.73 Å². The normalized spacial score (nSPS) is 23.3. The van der Waals surface area contributed by atoms with Gasteiger partial charge in [0.05, 0.1) is 10.9 Å². The van der Waals surface area contributed by atoms with Crippen molar-refractivity contribution < 1.29 is 18.7 Å². The van der Waals surface area contributed by atoms with Gasteiger partial charge in [-0.15, -0.1) is 0 Å². The van der Waals surface area contributed by atoms with Crippen molar-refractivity contribution in [2.45, 2.75) is 56.5 Å². The van der Waals surface area contributed by atoms with Gasteiger partial charge in [-0.1, -0.05) is 0 Å². The van der Waals surface area contributed by atoms with Crippen LogP contribution < -0.4 is 11.2 Å². The number of pyridine rings is 1. The summed E-state index contributed by atoms with van der Waals surface area (Å²) in [6.45, 7) is 0. The number of benzene rings is 1. The van der Waals surface area contributed by atoms with E-state index in [0.29, 0.717) is 25.7 Å². The van der Waals surface area contributed by atoms with Gasteiger partial charge in [0, 0.05) is 23.8 Å². The fourth-order valence-electron chi connectivity index (χ4n) is 4.03. The second kappa shape index (κ2) is 6.16. The molecule has 4 rings (SSSR count). The lowest BCUT2D eigenvalue weighted by Crippen LogP contribution is -2.27. The first-order valence-electron chi connectivity index (χ1n) is 8.94. The molecule has 2 aliphatic carbocycles. The zero-order valence-electron chi connectivity index (χ0n) is 14.2. The maximum atomic E-state index is 15.4. The molecule has 0 saturated heterocycles. The molecule has 0 amide bonds. The second-order valence-electron chi connectivity index (χ2n) is 7.41. The van der Waals surface area contributed by atoms with Gasteiger partial charge in [0.25, 0.3) is 0 Å². The Hall–Kier alpha value is -2.28. The maximum absolute atomic E-state index is 15.4. The number of aromatic carboxylic acids is 1. The highest BCUT2D eigenvalue weighted by Crippen LogP contribution is 2.41. The first-order valence-corrected chi connectivity index (χ1v) is 8.94. The maximum Gasteiger partial charge on any atom is 0.341 e. The molecule has 2 fully saturated rings. The summed E-state index contributed by atoms with van der Waals surface area (Å²) < 4.78 is 31.7. The van der Waals surface area contributed by atoms with Crippen LogP contribution in [0.25, 0.3) is 10.9 Å². The van der Waals surface area contributed by atoms with Crippen LogP contribution in [0.4, 0.5) is 8.78 Å². The van der Waals surface area contributed by atoms with Crippen LogP contribution in [-0.2, 0) is 0 Å². The van der Waals surface area contributed by atoms with E-state index in [1.54, 1.807) is 0 Å². The number of hydrogen-bond donors (Lipinski definition) is 2. The molecule has 1 aromatic carbocycles. The number of carboxylic acid groups (broad SMARTS) is 1. The number of aromatic nitrogens is 1. The molecule has 1 heterocycles. The second-order valence-corrected chi connectivity index (χ2v) is 7.41.